The Kier molecular flexibility index (Phi) is 8.07. The Morgan fingerprint density at radius 3 is 2.47 bits per heavy atom. The number of carbonyl (C=O) groups excluding carboxylic acids is 2. The van der Waals surface area contributed by atoms with Crippen molar-refractivity contribution in [2.24, 2.45) is 0 Å². The zero-order valence-electron chi connectivity index (χ0n) is 23.4. The summed E-state index contributed by atoms with van der Waals surface area (Å²) < 4.78 is 5.41. The summed E-state index contributed by atoms with van der Waals surface area (Å²) in [4.78, 5) is 31.9. The highest BCUT2D eigenvalue weighted by molar-refractivity contribution is 6.36. The normalized spacial score (nSPS) is 13.9. The second-order valence-corrected chi connectivity index (χ2v) is 10.3. The van der Waals surface area contributed by atoms with E-state index in [1.165, 1.54) is 0 Å². The third kappa shape index (κ3) is 5.38. The molecule has 1 aliphatic rings. The highest BCUT2D eigenvalue weighted by Gasteiger charge is 2.28. The Hall–Kier alpha value is -3.84. The van der Waals surface area contributed by atoms with Crippen molar-refractivity contribution in [3.8, 4) is 16.9 Å². The van der Waals surface area contributed by atoms with E-state index < -0.39 is 0 Å². The van der Waals surface area contributed by atoms with E-state index in [0.717, 1.165) is 51.6 Å². The lowest BCUT2D eigenvalue weighted by Crippen LogP contribution is -2.42. The SMILES string of the molecule is COc1cccc(-c2cccc3c2/C(=C/c2[nH]c(C)c(C(=O)NCCN(C(C)C)C(C)C)c2C)C(=O)N3)c1. The van der Waals surface area contributed by atoms with Crippen molar-refractivity contribution >= 4 is 29.2 Å². The molecule has 0 fully saturated rings. The first-order valence-corrected chi connectivity index (χ1v) is 13.2. The maximum atomic E-state index is 13.2. The van der Waals surface area contributed by atoms with Crippen LogP contribution >= 0.6 is 0 Å². The fourth-order valence-electron chi connectivity index (χ4n) is 5.32. The van der Waals surface area contributed by atoms with Crippen molar-refractivity contribution in [3.63, 3.8) is 0 Å². The standard InChI is InChI=1S/C31H38N4O3/c1-18(2)35(19(3)4)15-14-32-31(37)28-20(5)27(33-21(28)6)17-25-29-24(12-9-13-26(29)34-30(25)36)22-10-8-11-23(16-22)38-7/h8-13,16-19,33H,14-15H2,1-7H3,(H,32,37)(H,34,36)/b25-17-. The molecule has 3 aromatic rings. The number of fused-ring (bicyclic) bond motifs is 1. The number of anilines is 1. The maximum absolute atomic E-state index is 13.2. The lowest BCUT2D eigenvalue weighted by atomic mass is 9.94. The molecule has 7 heteroatoms. The van der Waals surface area contributed by atoms with Crippen molar-refractivity contribution in [2.75, 3.05) is 25.5 Å². The monoisotopic (exact) mass is 514 g/mol. The van der Waals surface area contributed by atoms with Gasteiger partial charge >= 0.3 is 0 Å². The van der Waals surface area contributed by atoms with Gasteiger partial charge in [0, 0.05) is 47.8 Å². The van der Waals surface area contributed by atoms with Gasteiger partial charge < -0.3 is 20.4 Å². The van der Waals surface area contributed by atoms with Gasteiger partial charge in [0.1, 0.15) is 5.75 Å². The fraction of sp³-hybridized carbons (Fsp3) is 0.355. The van der Waals surface area contributed by atoms with Gasteiger partial charge in [-0.05, 0) is 82.5 Å². The molecular weight excluding hydrogens is 476 g/mol. The number of nitrogens with zero attached hydrogens (tertiary/aromatic N) is 1. The van der Waals surface area contributed by atoms with Crippen LogP contribution in [0.25, 0.3) is 22.8 Å². The summed E-state index contributed by atoms with van der Waals surface area (Å²) in [6.45, 7) is 13.8. The molecule has 0 atom stereocenters. The Morgan fingerprint density at radius 1 is 1.08 bits per heavy atom. The number of ether oxygens (including phenoxy) is 1. The molecule has 2 amide bonds. The van der Waals surface area contributed by atoms with Crippen LogP contribution in [0.5, 0.6) is 5.75 Å². The van der Waals surface area contributed by atoms with E-state index in [4.69, 9.17) is 4.74 Å². The van der Waals surface area contributed by atoms with Gasteiger partial charge in [-0.2, -0.15) is 0 Å². The number of aryl methyl sites for hydroxylation is 1. The summed E-state index contributed by atoms with van der Waals surface area (Å²) in [5.74, 6) is 0.469. The lowest BCUT2D eigenvalue weighted by molar-refractivity contribution is -0.110. The van der Waals surface area contributed by atoms with Crippen LogP contribution in [0.4, 0.5) is 5.69 Å². The van der Waals surface area contributed by atoms with Crippen molar-refractivity contribution in [2.45, 2.75) is 53.6 Å². The number of aromatic nitrogens is 1. The summed E-state index contributed by atoms with van der Waals surface area (Å²) in [6.07, 6.45) is 1.85. The summed E-state index contributed by atoms with van der Waals surface area (Å²) in [7, 11) is 1.64. The summed E-state index contributed by atoms with van der Waals surface area (Å²) in [6, 6.07) is 14.5. The van der Waals surface area contributed by atoms with Gasteiger partial charge in [0.2, 0.25) is 0 Å². The zero-order chi connectivity index (χ0) is 27.6. The molecular formula is C31H38N4O3. The Morgan fingerprint density at radius 2 is 1.79 bits per heavy atom. The first-order chi connectivity index (χ1) is 18.1. The van der Waals surface area contributed by atoms with Crippen molar-refractivity contribution in [3.05, 3.63) is 70.5 Å². The number of benzene rings is 2. The van der Waals surface area contributed by atoms with Crippen molar-refractivity contribution in [1.29, 1.82) is 0 Å². The van der Waals surface area contributed by atoms with Gasteiger partial charge in [0.25, 0.3) is 11.8 Å². The number of H-pyrrole nitrogens is 1. The van der Waals surface area contributed by atoms with Crippen molar-refractivity contribution in [1.82, 2.24) is 15.2 Å². The first-order valence-electron chi connectivity index (χ1n) is 13.2. The highest BCUT2D eigenvalue weighted by atomic mass is 16.5. The number of methoxy groups -OCH3 is 1. The largest absolute Gasteiger partial charge is 0.497 e. The molecule has 3 N–H and O–H groups in total. The van der Waals surface area contributed by atoms with Crippen LogP contribution in [-0.4, -0.2) is 54.0 Å². The predicted octanol–water partition coefficient (Wildman–Crippen LogP) is 5.65. The van der Waals surface area contributed by atoms with E-state index in [1.807, 2.05) is 62.4 Å². The number of hydrogen-bond acceptors (Lipinski definition) is 4. The van der Waals surface area contributed by atoms with E-state index in [0.29, 0.717) is 29.8 Å². The average Bonchev–Trinajstić information content (AvgIpc) is 3.35. The zero-order valence-corrected chi connectivity index (χ0v) is 23.4. The third-order valence-corrected chi connectivity index (χ3v) is 7.18. The van der Waals surface area contributed by atoms with Crippen LogP contribution in [0.15, 0.2) is 42.5 Å². The van der Waals surface area contributed by atoms with Crippen LogP contribution in [0.1, 0.15) is 60.6 Å². The van der Waals surface area contributed by atoms with Crippen LogP contribution in [0.3, 0.4) is 0 Å². The van der Waals surface area contributed by atoms with Gasteiger partial charge in [0.05, 0.1) is 18.2 Å². The molecule has 0 saturated heterocycles. The third-order valence-electron chi connectivity index (χ3n) is 7.18. The summed E-state index contributed by atoms with van der Waals surface area (Å²) in [5.41, 5.74) is 7.01. The number of rotatable bonds is 9. The van der Waals surface area contributed by atoms with Gasteiger partial charge in [-0.1, -0.05) is 24.3 Å². The second kappa shape index (κ2) is 11.3. The molecule has 38 heavy (non-hydrogen) atoms. The Labute approximate surface area is 225 Å². The Bertz CT molecular complexity index is 1380. The van der Waals surface area contributed by atoms with Crippen LogP contribution in [0, 0.1) is 13.8 Å². The highest BCUT2D eigenvalue weighted by Crippen LogP contribution is 2.41. The first kappa shape index (κ1) is 27.2. The van der Waals surface area contributed by atoms with Crippen LogP contribution in [0.2, 0.25) is 0 Å². The quantitative estimate of drug-likeness (QED) is 0.322. The smallest absolute Gasteiger partial charge is 0.256 e. The molecule has 0 bridgehead atoms. The number of amides is 2. The molecule has 0 radical (unpaired) electrons. The number of aromatic amines is 1. The predicted molar refractivity (Wildman–Crippen MR) is 155 cm³/mol. The molecule has 1 aliphatic heterocycles. The molecule has 1 aromatic heterocycles. The van der Waals surface area contributed by atoms with Crippen LogP contribution in [-0.2, 0) is 4.79 Å². The molecule has 2 aromatic carbocycles. The van der Waals surface area contributed by atoms with Gasteiger partial charge in [0.15, 0.2) is 0 Å². The summed E-state index contributed by atoms with van der Waals surface area (Å²) in [5, 5.41) is 6.07. The lowest BCUT2D eigenvalue weighted by Gasteiger charge is -2.30. The van der Waals surface area contributed by atoms with E-state index in [-0.39, 0.29) is 11.8 Å². The summed E-state index contributed by atoms with van der Waals surface area (Å²) >= 11 is 0. The van der Waals surface area contributed by atoms with Gasteiger partial charge in [-0.3, -0.25) is 14.5 Å². The molecule has 2 heterocycles. The Balaban J connectivity index is 1.64. The van der Waals surface area contributed by atoms with Gasteiger partial charge in [-0.15, -0.1) is 0 Å². The minimum atomic E-state index is -0.171. The topological polar surface area (TPSA) is 86.5 Å². The average molecular weight is 515 g/mol. The van der Waals surface area contributed by atoms with E-state index in [1.54, 1.807) is 7.11 Å². The minimum absolute atomic E-state index is 0.110. The van der Waals surface area contributed by atoms with E-state index in [2.05, 4.69) is 48.2 Å². The number of hydrogen-bond donors (Lipinski definition) is 3. The molecule has 0 unspecified atom stereocenters. The van der Waals surface area contributed by atoms with E-state index in [9.17, 15) is 9.59 Å². The molecule has 0 saturated carbocycles. The molecule has 0 aliphatic carbocycles. The number of nitrogens with one attached hydrogen (secondary N) is 3. The molecule has 0 spiro atoms. The molecule has 4 rings (SSSR count). The maximum Gasteiger partial charge on any atom is 0.256 e. The molecule has 200 valence electrons. The molecule has 7 nitrogen and oxygen atoms in total. The van der Waals surface area contributed by atoms with E-state index >= 15 is 0 Å². The fourth-order valence-corrected chi connectivity index (χ4v) is 5.32. The van der Waals surface area contributed by atoms with Crippen molar-refractivity contribution < 1.29 is 14.3 Å². The van der Waals surface area contributed by atoms with Crippen LogP contribution < -0.4 is 15.4 Å². The van der Waals surface area contributed by atoms with Gasteiger partial charge in [-0.25, -0.2) is 0 Å². The minimum Gasteiger partial charge on any atom is -0.497 e. The number of carbonyl (C=O) groups is 2. The second-order valence-electron chi connectivity index (χ2n) is 10.3.